The van der Waals surface area contributed by atoms with E-state index in [9.17, 15) is 0 Å². The van der Waals surface area contributed by atoms with Gasteiger partial charge in [0, 0.05) is 37.9 Å². The molecule has 0 aliphatic rings. The molecular formula is C22H34IN5O. The summed E-state index contributed by atoms with van der Waals surface area (Å²) in [5.74, 6) is 1.45. The van der Waals surface area contributed by atoms with E-state index in [4.69, 9.17) is 4.74 Å². The molecule has 0 spiro atoms. The predicted octanol–water partition coefficient (Wildman–Crippen LogP) is 3.67. The number of hydrogen-bond donors (Lipinski definition) is 2. The Labute approximate surface area is 192 Å². The van der Waals surface area contributed by atoms with Gasteiger partial charge < -0.3 is 15.4 Å². The van der Waals surface area contributed by atoms with Gasteiger partial charge in [0.1, 0.15) is 0 Å². The number of aliphatic imine (C=N–C) groups is 1. The molecule has 1 heterocycles. The molecule has 2 aromatic rings. The highest BCUT2D eigenvalue weighted by molar-refractivity contribution is 14.0. The lowest BCUT2D eigenvalue weighted by Gasteiger charge is -2.25. The zero-order valence-electron chi connectivity index (χ0n) is 17.9. The summed E-state index contributed by atoms with van der Waals surface area (Å²) < 4.78 is 5.09. The molecule has 1 aromatic heterocycles. The van der Waals surface area contributed by atoms with Crippen molar-refractivity contribution < 1.29 is 4.74 Å². The highest BCUT2D eigenvalue weighted by atomic mass is 127. The molecule has 1 aromatic carbocycles. The molecule has 0 bridgehead atoms. The number of hydrogen-bond acceptors (Lipinski definition) is 4. The van der Waals surface area contributed by atoms with Crippen LogP contribution in [-0.2, 0) is 13.1 Å². The number of benzene rings is 1. The van der Waals surface area contributed by atoms with Crippen LogP contribution in [0.15, 0.2) is 53.7 Å². The summed E-state index contributed by atoms with van der Waals surface area (Å²) in [6.07, 6.45) is 2.84. The van der Waals surface area contributed by atoms with Crippen molar-refractivity contribution in [1.82, 2.24) is 20.5 Å². The molecule has 160 valence electrons. The van der Waals surface area contributed by atoms with Gasteiger partial charge in [-0.15, -0.1) is 24.0 Å². The monoisotopic (exact) mass is 511 g/mol. The Morgan fingerprint density at radius 2 is 1.90 bits per heavy atom. The van der Waals surface area contributed by atoms with E-state index in [1.54, 1.807) is 13.3 Å². The van der Waals surface area contributed by atoms with Gasteiger partial charge in [0.05, 0.1) is 13.7 Å². The Hall–Kier alpha value is -1.87. The van der Waals surface area contributed by atoms with Gasteiger partial charge in [0.25, 0.3) is 0 Å². The standard InChI is InChI=1S/C22H33N5O.HI/c1-5-23-22(26-16-20-11-12-21(28-4)25-15-20)24-14-13-18(2)27(3)17-19-9-7-6-8-10-19;/h6-12,15,18H,5,13-14,16-17H2,1-4H3,(H2,23,24,26);1H. The average molecular weight is 511 g/mol. The first-order chi connectivity index (χ1) is 13.6. The summed E-state index contributed by atoms with van der Waals surface area (Å²) in [4.78, 5) is 11.3. The van der Waals surface area contributed by atoms with E-state index in [-0.39, 0.29) is 24.0 Å². The molecule has 7 heteroatoms. The lowest BCUT2D eigenvalue weighted by Crippen LogP contribution is -2.40. The number of aromatic nitrogens is 1. The lowest BCUT2D eigenvalue weighted by atomic mass is 10.1. The van der Waals surface area contributed by atoms with Crippen LogP contribution in [-0.4, -0.2) is 49.1 Å². The van der Waals surface area contributed by atoms with E-state index in [2.05, 4.69) is 76.7 Å². The SMILES string of the molecule is CCNC(=NCc1ccc(OC)nc1)NCCC(C)N(C)Cc1ccccc1.I. The first-order valence-corrected chi connectivity index (χ1v) is 9.87. The van der Waals surface area contributed by atoms with Crippen LogP contribution >= 0.6 is 24.0 Å². The third-order valence-corrected chi connectivity index (χ3v) is 4.65. The van der Waals surface area contributed by atoms with E-state index in [0.29, 0.717) is 18.5 Å². The van der Waals surface area contributed by atoms with E-state index in [1.165, 1.54) is 5.56 Å². The van der Waals surface area contributed by atoms with E-state index >= 15 is 0 Å². The van der Waals surface area contributed by atoms with Crippen molar-refractivity contribution in [2.45, 2.75) is 39.4 Å². The number of rotatable bonds is 10. The summed E-state index contributed by atoms with van der Waals surface area (Å²) >= 11 is 0. The van der Waals surface area contributed by atoms with E-state index < -0.39 is 0 Å². The topological polar surface area (TPSA) is 61.8 Å². The maximum atomic E-state index is 5.09. The van der Waals surface area contributed by atoms with Gasteiger partial charge in [-0.05, 0) is 38.4 Å². The number of methoxy groups -OCH3 is 1. The first kappa shape index (κ1) is 25.2. The zero-order chi connectivity index (χ0) is 20.2. The van der Waals surface area contributed by atoms with Gasteiger partial charge in [-0.25, -0.2) is 9.98 Å². The van der Waals surface area contributed by atoms with E-state index in [1.807, 2.05) is 12.1 Å². The van der Waals surface area contributed by atoms with Gasteiger partial charge in [-0.2, -0.15) is 0 Å². The van der Waals surface area contributed by atoms with Crippen molar-refractivity contribution in [1.29, 1.82) is 0 Å². The van der Waals surface area contributed by atoms with Crippen LogP contribution in [0.4, 0.5) is 0 Å². The van der Waals surface area contributed by atoms with Crippen LogP contribution in [0, 0.1) is 0 Å². The fourth-order valence-corrected chi connectivity index (χ4v) is 2.78. The van der Waals surface area contributed by atoms with Crippen LogP contribution in [0.5, 0.6) is 5.88 Å². The summed E-state index contributed by atoms with van der Waals surface area (Å²) in [7, 11) is 3.79. The molecule has 0 amide bonds. The summed E-state index contributed by atoms with van der Waals surface area (Å²) in [5.41, 5.74) is 2.39. The molecule has 0 aliphatic heterocycles. The zero-order valence-corrected chi connectivity index (χ0v) is 20.2. The smallest absolute Gasteiger partial charge is 0.212 e. The number of nitrogens with zero attached hydrogens (tertiary/aromatic N) is 3. The highest BCUT2D eigenvalue weighted by Gasteiger charge is 2.09. The fourth-order valence-electron chi connectivity index (χ4n) is 2.78. The van der Waals surface area contributed by atoms with Crippen molar-refractivity contribution in [3.05, 3.63) is 59.8 Å². The Bertz CT molecular complexity index is 709. The third kappa shape index (κ3) is 9.45. The minimum atomic E-state index is 0. The van der Waals surface area contributed by atoms with Gasteiger partial charge in [0.15, 0.2) is 5.96 Å². The molecule has 0 saturated heterocycles. The fraction of sp³-hybridized carbons (Fsp3) is 0.455. The third-order valence-electron chi connectivity index (χ3n) is 4.65. The van der Waals surface area contributed by atoms with Crippen molar-refractivity contribution in [2.24, 2.45) is 4.99 Å². The number of pyridine rings is 1. The van der Waals surface area contributed by atoms with E-state index in [0.717, 1.165) is 37.6 Å². The highest BCUT2D eigenvalue weighted by Crippen LogP contribution is 2.09. The van der Waals surface area contributed by atoms with Gasteiger partial charge in [-0.3, -0.25) is 4.90 Å². The molecule has 1 atom stereocenters. The number of halogens is 1. The molecule has 6 nitrogen and oxygen atoms in total. The van der Waals surface area contributed by atoms with Crippen molar-refractivity contribution in [3.63, 3.8) is 0 Å². The average Bonchev–Trinajstić information content (AvgIpc) is 2.73. The Kier molecular flexibility index (Phi) is 12.3. The minimum Gasteiger partial charge on any atom is -0.481 e. The Morgan fingerprint density at radius 1 is 1.14 bits per heavy atom. The molecular weight excluding hydrogens is 477 g/mol. The first-order valence-electron chi connectivity index (χ1n) is 9.87. The molecule has 0 fully saturated rings. The van der Waals surface area contributed by atoms with Crippen LogP contribution in [0.1, 0.15) is 31.4 Å². The second-order valence-electron chi connectivity index (χ2n) is 6.87. The second kappa shape index (κ2) is 14.2. The quantitative estimate of drug-likeness (QED) is 0.290. The van der Waals surface area contributed by atoms with Gasteiger partial charge in [0.2, 0.25) is 5.88 Å². The normalized spacial score (nSPS) is 12.2. The van der Waals surface area contributed by atoms with Crippen molar-refractivity contribution in [3.8, 4) is 5.88 Å². The largest absolute Gasteiger partial charge is 0.481 e. The maximum Gasteiger partial charge on any atom is 0.212 e. The molecule has 0 radical (unpaired) electrons. The van der Waals surface area contributed by atoms with Crippen LogP contribution in [0.25, 0.3) is 0 Å². The van der Waals surface area contributed by atoms with Crippen LogP contribution in [0.2, 0.25) is 0 Å². The molecule has 29 heavy (non-hydrogen) atoms. The summed E-state index contributed by atoms with van der Waals surface area (Å²) in [6.45, 7) is 7.57. The van der Waals surface area contributed by atoms with Crippen LogP contribution in [0.3, 0.4) is 0 Å². The Morgan fingerprint density at radius 3 is 2.52 bits per heavy atom. The van der Waals surface area contributed by atoms with Gasteiger partial charge >= 0.3 is 0 Å². The number of nitrogens with one attached hydrogen (secondary N) is 2. The maximum absolute atomic E-state index is 5.09. The van der Waals surface area contributed by atoms with Crippen LogP contribution < -0.4 is 15.4 Å². The number of guanidine groups is 1. The molecule has 0 aliphatic carbocycles. The second-order valence-corrected chi connectivity index (χ2v) is 6.87. The summed E-state index contributed by atoms with van der Waals surface area (Å²) in [6, 6.07) is 14.9. The number of ether oxygens (including phenoxy) is 1. The minimum absolute atomic E-state index is 0. The lowest BCUT2D eigenvalue weighted by molar-refractivity contribution is 0.238. The molecule has 2 N–H and O–H groups in total. The summed E-state index contributed by atoms with van der Waals surface area (Å²) in [5, 5.41) is 6.73. The van der Waals surface area contributed by atoms with Crippen molar-refractivity contribution >= 4 is 29.9 Å². The molecule has 0 saturated carbocycles. The predicted molar refractivity (Wildman–Crippen MR) is 131 cm³/mol. The molecule has 2 rings (SSSR count). The molecule has 1 unspecified atom stereocenters. The Balaban J connectivity index is 0.00000420. The van der Waals surface area contributed by atoms with Gasteiger partial charge in [-0.1, -0.05) is 36.4 Å². The van der Waals surface area contributed by atoms with Crippen molar-refractivity contribution in [2.75, 3.05) is 27.2 Å².